The van der Waals surface area contributed by atoms with Crippen molar-refractivity contribution in [3.8, 4) is 0 Å². The monoisotopic (exact) mass is 283 g/mol. The number of benzene rings is 1. The van der Waals surface area contributed by atoms with Crippen molar-refractivity contribution in [2.24, 2.45) is 0 Å². The smallest absolute Gasteiger partial charge is 0.0592 e. The Hall–Kier alpha value is -1.87. The van der Waals surface area contributed by atoms with E-state index in [1.807, 2.05) is 12.4 Å². The molecule has 3 heteroatoms. The van der Waals surface area contributed by atoms with Crippen LogP contribution in [0.1, 0.15) is 36.1 Å². The minimum absolute atomic E-state index is 0.192. The lowest BCUT2D eigenvalue weighted by molar-refractivity contribution is 0.596. The molecule has 112 valence electrons. The van der Waals surface area contributed by atoms with Crippen LogP contribution >= 0.6 is 0 Å². The number of pyridine rings is 1. The third-order valence-electron chi connectivity index (χ3n) is 3.55. The van der Waals surface area contributed by atoms with E-state index < -0.39 is 0 Å². The standard InChI is InChI=1S/C18H25N3/c1-5-9-20-18(16-10-14(2)12-19-13-16)15-7-6-8-17(11-15)21(3)4/h6-8,10-13,18,20H,5,9H2,1-4H3. The SMILES string of the molecule is CCCNC(c1cncc(C)c1)c1cccc(N(C)C)c1. The number of nitrogens with one attached hydrogen (secondary N) is 1. The lowest BCUT2D eigenvalue weighted by Crippen LogP contribution is -2.23. The predicted molar refractivity (Wildman–Crippen MR) is 89.9 cm³/mol. The summed E-state index contributed by atoms with van der Waals surface area (Å²) in [5.74, 6) is 0. The minimum atomic E-state index is 0.192. The Morgan fingerprint density at radius 2 is 1.95 bits per heavy atom. The first-order valence-corrected chi connectivity index (χ1v) is 7.54. The molecule has 1 aromatic carbocycles. The molecule has 0 spiro atoms. The van der Waals surface area contributed by atoms with Gasteiger partial charge >= 0.3 is 0 Å². The molecule has 1 atom stereocenters. The predicted octanol–water partition coefficient (Wildman–Crippen LogP) is 3.55. The Labute approximate surface area is 128 Å². The van der Waals surface area contributed by atoms with Crippen molar-refractivity contribution >= 4 is 5.69 Å². The molecule has 0 aliphatic heterocycles. The Kier molecular flexibility index (Phi) is 5.34. The van der Waals surface area contributed by atoms with Gasteiger partial charge in [-0.25, -0.2) is 0 Å². The normalized spacial score (nSPS) is 12.2. The summed E-state index contributed by atoms with van der Waals surface area (Å²) in [6.07, 6.45) is 4.97. The van der Waals surface area contributed by atoms with E-state index in [0.717, 1.165) is 13.0 Å². The van der Waals surface area contributed by atoms with E-state index in [4.69, 9.17) is 0 Å². The molecule has 0 saturated carbocycles. The highest BCUT2D eigenvalue weighted by Crippen LogP contribution is 2.25. The molecule has 21 heavy (non-hydrogen) atoms. The third-order valence-corrected chi connectivity index (χ3v) is 3.55. The van der Waals surface area contributed by atoms with Crippen molar-refractivity contribution in [3.63, 3.8) is 0 Å². The first kappa shape index (κ1) is 15.5. The molecule has 0 radical (unpaired) electrons. The van der Waals surface area contributed by atoms with Gasteiger partial charge in [0.25, 0.3) is 0 Å². The molecule has 0 amide bonds. The maximum atomic E-state index is 4.35. The largest absolute Gasteiger partial charge is 0.378 e. The van der Waals surface area contributed by atoms with Crippen LogP contribution < -0.4 is 10.2 Å². The van der Waals surface area contributed by atoms with E-state index in [1.54, 1.807) is 0 Å². The summed E-state index contributed by atoms with van der Waals surface area (Å²) in [6, 6.07) is 11.1. The fourth-order valence-electron chi connectivity index (χ4n) is 2.44. The van der Waals surface area contributed by atoms with E-state index in [-0.39, 0.29) is 6.04 Å². The van der Waals surface area contributed by atoms with E-state index in [9.17, 15) is 0 Å². The molecular weight excluding hydrogens is 258 g/mol. The van der Waals surface area contributed by atoms with E-state index in [0.29, 0.717) is 0 Å². The van der Waals surface area contributed by atoms with Crippen molar-refractivity contribution in [3.05, 3.63) is 59.4 Å². The van der Waals surface area contributed by atoms with Crippen LogP contribution in [0.25, 0.3) is 0 Å². The van der Waals surface area contributed by atoms with Crippen LogP contribution in [0.5, 0.6) is 0 Å². The van der Waals surface area contributed by atoms with Crippen LogP contribution in [-0.2, 0) is 0 Å². The molecule has 3 nitrogen and oxygen atoms in total. The molecule has 0 bridgehead atoms. The number of rotatable bonds is 6. The van der Waals surface area contributed by atoms with E-state index >= 15 is 0 Å². The van der Waals surface area contributed by atoms with E-state index in [1.165, 1.54) is 22.4 Å². The minimum Gasteiger partial charge on any atom is -0.378 e. The third kappa shape index (κ3) is 4.05. The summed E-state index contributed by atoms with van der Waals surface area (Å²) in [7, 11) is 4.14. The zero-order valence-electron chi connectivity index (χ0n) is 13.4. The summed E-state index contributed by atoms with van der Waals surface area (Å²) in [5.41, 5.74) is 4.91. The fraction of sp³-hybridized carbons (Fsp3) is 0.389. The molecule has 1 unspecified atom stereocenters. The molecule has 0 aliphatic rings. The van der Waals surface area contributed by atoms with Gasteiger partial charge in [-0.1, -0.05) is 25.1 Å². The van der Waals surface area contributed by atoms with Crippen LogP contribution in [0.4, 0.5) is 5.69 Å². The quantitative estimate of drug-likeness (QED) is 0.879. The maximum absolute atomic E-state index is 4.35. The van der Waals surface area contributed by atoms with Gasteiger partial charge in [-0.05, 0) is 48.7 Å². The van der Waals surface area contributed by atoms with Crippen molar-refractivity contribution in [2.75, 3.05) is 25.5 Å². The highest BCUT2D eigenvalue weighted by Gasteiger charge is 2.14. The molecule has 0 fully saturated rings. The Morgan fingerprint density at radius 1 is 1.14 bits per heavy atom. The molecule has 1 heterocycles. The van der Waals surface area contributed by atoms with Gasteiger partial charge in [0.2, 0.25) is 0 Å². The number of hydrogen-bond donors (Lipinski definition) is 1. The fourth-order valence-corrected chi connectivity index (χ4v) is 2.44. The summed E-state index contributed by atoms with van der Waals surface area (Å²) < 4.78 is 0. The Balaban J connectivity index is 2.37. The van der Waals surface area contributed by atoms with Gasteiger partial charge in [0, 0.05) is 32.2 Å². The lowest BCUT2D eigenvalue weighted by atomic mass is 9.98. The van der Waals surface area contributed by atoms with E-state index in [2.05, 4.69) is 73.5 Å². The highest BCUT2D eigenvalue weighted by molar-refractivity contribution is 5.49. The zero-order chi connectivity index (χ0) is 15.2. The topological polar surface area (TPSA) is 28.2 Å². The second-order valence-electron chi connectivity index (χ2n) is 5.67. The van der Waals surface area contributed by atoms with Crippen molar-refractivity contribution in [1.82, 2.24) is 10.3 Å². The average molecular weight is 283 g/mol. The molecule has 2 aromatic rings. The van der Waals surface area contributed by atoms with Gasteiger partial charge in [-0.2, -0.15) is 0 Å². The van der Waals surface area contributed by atoms with Gasteiger partial charge in [-0.3, -0.25) is 4.98 Å². The maximum Gasteiger partial charge on any atom is 0.0592 e. The van der Waals surface area contributed by atoms with Crippen LogP contribution in [0.15, 0.2) is 42.7 Å². The lowest BCUT2D eigenvalue weighted by Gasteiger charge is -2.22. The van der Waals surface area contributed by atoms with Gasteiger partial charge in [-0.15, -0.1) is 0 Å². The first-order chi connectivity index (χ1) is 10.1. The molecule has 0 saturated heterocycles. The van der Waals surface area contributed by atoms with Crippen molar-refractivity contribution in [1.29, 1.82) is 0 Å². The molecular formula is C18H25N3. The molecule has 0 aliphatic carbocycles. The highest BCUT2D eigenvalue weighted by atomic mass is 15.1. The molecule has 1 N–H and O–H groups in total. The second kappa shape index (κ2) is 7.23. The number of aryl methyl sites for hydroxylation is 1. The summed E-state index contributed by atoms with van der Waals surface area (Å²) in [4.78, 5) is 6.48. The van der Waals surface area contributed by atoms with Gasteiger partial charge in [0.1, 0.15) is 0 Å². The summed E-state index contributed by atoms with van der Waals surface area (Å²) in [6.45, 7) is 5.27. The molecule has 1 aromatic heterocycles. The van der Waals surface area contributed by atoms with Crippen molar-refractivity contribution in [2.45, 2.75) is 26.3 Å². The number of aromatic nitrogens is 1. The number of anilines is 1. The van der Waals surface area contributed by atoms with Gasteiger partial charge < -0.3 is 10.2 Å². The number of nitrogens with zero attached hydrogens (tertiary/aromatic N) is 2. The van der Waals surface area contributed by atoms with Crippen molar-refractivity contribution < 1.29 is 0 Å². The molecule has 2 rings (SSSR count). The van der Waals surface area contributed by atoms with Crippen LogP contribution in [0.3, 0.4) is 0 Å². The Bertz CT molecular complexity index is 578. The van der Waals surface area contributed by atoms with Gasteiger partial charge in [0.15, 0.2) is 0 Å². The Morgan fingerprint density at radius 3 is 2.62 bits per heavy atom. The average Bonchev–Trinajstić information content (AvgIpc) is 2.48. The van der Waals surface area contributed by atoms with Crippen LogP contribution in [0, 0.1) is 6.92 Å². The van der Waals surface area contributed by atoms with Gasteiger partial charge in [0.05, 0.1) is 6.04 Å². The number of hydrogen-bond acceptors (Lipinski definition) is 3. The second-order valence-corrected chi connectivity index (χ2v) is 5.67. The first-order valence-electron chi connectivity index (χ1n) is 7.54. The summed E-state index contributed by atoms with van der Waals surface area (Å²) in [5, 5.41) is 3.64. The van der Waals surface area contributed by atoms with Crippen LogP contribution in [0.2, 0.25) is 0 Å². The van der Waals surface area contributed by atoms with Crippen LogP contribution in [-0.4, -0.2) is 25.6 Å². The zero-order valence-corrected chi connectivity index (χ0v) is 13.4. The summed E-state index contributed by atoms with van der Waals surface area (Å²) >= 11 is 0.